The fourth-order valence-electron chi connectivity index (χ4n) is 4.59. The Morgan fingerprint density at radius 3 is 2.90 bits per heavy atom. The van der Waals surface area contributed by atoms with Gasteiger partial charge in [-0.1, -0.05) is 11.6 Å². The van der Waals surface area contributed by atoms with Crippen LogP contribution in [0.25, 0.3) is 26.8 Å². The summed E-state index contributed by atoms with van der Waals surface area (Å²) >= 11 is 6.26. The van der Waals surface area contributed by atoms with Crippen molar-refractivity contribution >= 4 is 33.5 Å². The molecule has 1 saturated carbocycles. The number of fused-ring (bicyclic) bond motifs is 3. The zero-order valence-electron chi connectivity index (χ0n) is 15.6. The molecule has 2 aromatic heterocycles. The van der Waals surface area contributed by atoms with Crippen molar-refractivity contribution in [1.29, 1.82) is 0 Å². The van der Waals surface area contributed by atoms with Crippen molar-refractivity contribution in [1.82, 2.24) is 14.5 Å². The van der Waals surface area contributed by atoms with Crippen LogP contribution in [0.5, 0.6) is 0 Å². The summed E-state index contributed by atoms with van der Waals surface area (Å²) in [7, 11) is 0. The minimum atomic E-state index is -2.63. The van der Waals surface area contributed by atoms with Gasteiger partial charge in [0.25, 0.3) is 0 Å². The second-order valence-electron chi connectivity index (χ2n) is 7.97. The molecule has 0 bridgehead atoms. The third-order valence-electron chi connectivity index (χ3n) is 5.96. The largest absolute Gasteiger partial charge is 0.370 e. The second kappa shape index (κ2) is 6.89. The van der Waals surface area contributed by atoms with Gasteiger partial charge in [-0.15, -0.1) is 0 Å². The van der Waals surface area contributed by atoms with E-state index in [-0.39, 0.29) is 30.9 Å². The van der Waals surface area contributed by atoms with Gasteiger partial charge in [0.15, 0.2) is 0 Å². The van der Waals surface area contributed by atoms with Gasteiger partial charge in [-0.25, -0.2) is 20.3 Å². The Morgan fingerprint density at radius 2 is 2.14 bits per heavy atom. The van der Waals surface area contributed by atoms with E-state index in [1.807, 2.05) is 12.1 Å². The summed E-state index contributed by atoms with van der Waals surface area (Å²) in [5.41, 5.74) is 2.37. The molecule has 5 nitrogen and oxygen atoms in total. The summed E-state index contributed by atoms with van der Waals surface area (Å²) in [4.78, 5) is 12.7. The number of rotatable bonds is 3. The lowest BCUT2D eigenvalue weighted by Gasteiger charge is -2.37. The molecule has 150 valence electrons. The van der Waals surface area contributed by atoms with E-state index in [1.54, 1.807) is 12.3 Å². The summed E-state index contributed by atoms with van der Waals surface area (Å²) in [6.45, 7) is 7.99. The highest BCUT2D eigenvalue weighted by atomic mass is 35.5. The molecule has 3 heterocycles. The third-order valence-corrected chi connectivity index (χ3v) is 6.19. The van der Waals surface area contributed by atoms with Crippen LogP contribution in [0.2, 0.25) is 5.02 Å². The fraction of sp³-hybridized carbons (Fsp3) is 0.476. The highest BCUT2D eigenvalue weighted by Gasteiger charge is 2.48. The monoisotopic (exact) mass is 416 g/mol. The molecule has 2 unspecified atom stereocenters. The van der Waals surface area contributed by atoms with Crippen LogP contribution in [-0.4, -0.2) is 39.7 Å². The van der Waals surface area contributed by atoms with Crippen LogP contribution in [-0.2, 0) is 4.74 Å². The standard InChI is InChI=1S/C21H19ClF2N4O/c1-25-10-15-7-14(4-5-29-15)28-19-16-6-13(22)2-3-17(16)26-11-18(19)27-20(28)12-8-21(23,24)9-12/h2-3,6,11-12,14-15H,4-5,7-10H2. The van der Waals surface area contributed by atoms with Crippen molar-refractivity contribution in [3.63, 3.8) is 0 Å². The molecule has 1 aliphatic heterocycles. The number of pyridine rings is 1. The van der Waals surface area contributed by atoms with Gasteiger partial charge in [0.2, 0.25) is 12.5 Å². The van der Waals surface area contributed by atoms with Crippen LogP contribution >= 0.6 is 11.6 Å². The van der Waals surface area contributed by atoms with E-state index in [4.69, 9.17) is 27.9 Å². The maximum Gasteiger partial charge on any atom is 0.249 e. The highest BCUT2D eigenvalue weighted by molar-refractivity contribution is 6.31. The molecule has 0 N–H and O–H groups in total. The Balaban J connectivity index is 1.69. The molecule has 8 heteroatoms. The van der Waals surface area contributed by atoms with Gasteiger partial charge >= 0.3 is 0 Å². The lowest BCUT2D eigenvalue weighted by Crippen LogP contribution is -2.37. The van der Waals surface area contributed by atoms with Crippen molar-refractivity contribution in [2.75, 3.05) is 13.2 Å². The van der Waals surface area contributed by atoms with Gasteiger partial charge in [-0.05, 0) is 24.6 Å². The first-order valence-electron chi connectivity index (χ1n) is 9.74. The van der Waals surface area contributed by atoms with E-state index < -0.39 is 5.92 Å². The molecule has 1 aliphatic carbocycles. The number of hydrogen-bond acceptors (Lipinski definition) is 3. The van der Waals surface area contributed by atoms with Gasteiger partial charge in [0, 0.05) is 48.2 Å². The molecule has 29 heavy (non-hydrogen) atoms. The summed E-state index contributed by atoms with van der Waals surface area (Å²) in [5.74, 6) is -2.22. The topological polar surface area (TPSA) is 44.3 Å². The zero-order valence-corrected chi connectivity index (χ0v) is 16.4. The number of ether oxygens (including phenoxy) is 1. The number of aromatic nitrogens is 3. The molecular formula is C21H19ClF2N4O. The molecule has 3 aromatic rings. The molecule has 1 aromatic carbocycles. The first kappa shape index (κ1) is 18.7. The molecule has 0 amide bonds. The Hall–Kier alpha value is -2.30. The first-order chi connectivity index (χ1) is 13.9. The predicted molar refractivity (Wildman–Crippen MR) is 106 cm³/mol. The summed E-state index contributed by atoms with van der Waals surface area (Å²) in [5, 5.41) is 1.46. The van der Waals surface area contributed by atoms with Crippen LogP contribution in [0.1, 0.15) is 43.5 Å². The quantitative estimate of drug-likeness (QED) is 0.538. The van der Waals surface area contributed by atoms with E-state index in [2.05, 4.69) is 14.4 Å². The Kier molecular flexibility index (Phi) is 4.45. The number of hydrogen-bond donors (Lipinski definition) is 0. The SMILES string of the molecule is [C-]#[N+]CC1CC(n2c(C3CC(F)(F)C3)nc3cnc4ccc(Cl)cc4c32)CCO1. The normalized spacial score (nSPS) is 24.5. The van der Waals surface area contributed by atoms with Gasteiger partial charge in [0.1, 0.15) is 17.4 Å². The van der Waals surface area contributed by atoms with Crippen LogP contribution in [0.15, 0.2) is 24.4 Å². The van der Waals surface area contributed by atoms with E-state index in [1.165, 1.54) is 0 Å². The molecule has 0 spiro atoms. The minimum Gasteiger partial charge on any atom is -0.370 e. The van der Waals surface area contributed by atoms with Crippen molar-refractivity contribution < 1.29 is 13.5 Å². The lowest BCUT2D eigenvalue weighted by molar-refractivity contribution is -0.0897. The van der Waals surface area contributed by atoms with E-state index in [9.17, 15) is 8.78 Å². The van der Waals surface area contributed by atoms with Crippen LogP contribution in [0.3, 0.4) is 0 Å². The molecule has 0 radical (unpaired) electrons. The van der Waals surface area contributed by atoms with Gasteiger partial charge in [0.05, 0.1) is 17.2 Å². The molecular weight excluding hydrogens is 398 g/mol. The van der Waals surface area contributed by atoms with Gasteiger partial charge in [-0.3, -0.25) is 4.98 Å². The molecule has 2 aliphatic rings. The van der Waals surface area contributed by atoms with Gasteiger partial charge < -0.3 is 14.1 Å². The molecule has 1 saturated heterocycles. The van der Waals surface area contributed by atoms with Gasteiger partial charge in [-0.2, -0.15) is 0 Å². The fourth-order valence-corrected chi connectivity index (χ4v) is 4.76. The van der Waals surface area contributed by atoms with E-state index in [0.29, 0.717) is 35.9 Å². The first-order valence-corrected chi connectivity index (χ1v) is 10.1. The Morgan fingerprint density at radius 1 is 1.31 bits per heavy atom. The molecule has 5 rings (SSSR count). The van der Waals surface area contributed by atoms with E-state index in [0.717, 1.165) is 22.8 Å². The number of alkyl halides is 2. The maximum atomic E-state index is 13.7. The van der Waals surface area contributed by atoms with Crippen LogP contribution < -0.4 is 0 Å². The zero-order chi connectivity index (χ0) is 20.2. The predicted octanol–water partition coefficient (Wildman–Crippen LogP) is 5.39. The Bertz CT molecular complexity index is 1130. The average molecular weight is 417 g/mol. The third kappa shape index (κ3) is 3.24. The number of nitrogens with zero attached hydrogens (tertiary/aromatic N) is 4. The maximum absolute atomic E-state index is 13.7. The average Bonchev–Trinajstić information content (AvgIpc) is 3.06. The summed E-state index contributed by atoms with van der Waals surface area (Å²) in [6.07, 6.45) is 2.59. The van der Waals surface area contributed by atoms with E-state index >= 15 is 0 Å². The van der Waals surface area contributed by atoms with Crippen molar-refractivity contribution in [2.45, 2.75) is 49.7 Å². The van der Waals surface area contributed by atoms with Crippen molar-refractivity contribution in [3.8, 4) is 0 Å². The Labute approximate surface area is 171 Å². The van der Waals surface area contributed by atoms with Crippen molar-refractivity contribution in [3.05, 3.63) is 46.7 Å². The number of imidazole rings is 1. The molecule has 2 fully saturated rings. The molecule has 2 atom stereocenters. The lowest BCUT2D eigenvalue weighted by atomic mass is 9.80. The summed E-state index contributed by atoms with van der Waals surface area (Å²) in [6, 6.07) is 5.54. The highest BCUT2D eigenvalue weighted by Crippen LogP contribution is 2.49. The minimum absolute atomic E-state index is 0.0364. The smallest absolute Gasteiger partial charge is 0.249 e. The van der Waals surface area contributed by atoms with Crippen LogP contribution in [0, 0.1) is 6.57 Å². The second-order valence-corrected chi connectivity index (χ2v) is 8.40. The summed E-state index contributed by atoms with van der Waals surface area (Å²) < 4.78 is 35.2. The number of halogens is 3. The van der Waals surface area contributed by atoms with Crippen LogP contribution in [0.4, 0.5) is 8.78 Å². The number of benzene rings is 1. The van der Waals surface area contributed by atoms with Crippen molar-refractivity contribution in [2.24, 2.45) is 0 Å².